The molecule has 3 rings (SSSR count). The van der Waals surface area contributed by atoms with E-state index in [0.29, 0.717) is 5.82 Å². The summed E-state index contributed by atoms with van der Waals surface area (Å²) < 4.78 is 46.8. The van der Waals surface area contributed by atoms with Crippen molar-refractivity contribution in [2.45, 2.75) is 25.2 Å². The first kappa shape index (κ1) is 20.8. The molecule has 3 aromatic rings. The number of hydrogen-bond donors (Lipinski definition) is 2. The van der Waals surface area contributed by atoms with Crippen LogP contribution in [0.4, 0.5) is 13.2 Å². The first-order valence-corrected chi connectivity index (χ1v) is 9.35. The highest BCUT2D eigenvalue weighted by Crippen LogP contribution is 2.30. The fraction of sp³-hybridized carbons (Fsp3) is 0.278. The van der Waals surface area contributed by atoms with Crippen LogP contribution in [0, 0.1) is 0 Å². The molecule has 1 amide bonds. The van der Waals surface area contributed by atoms with E-state index in [1.165, 1.54) is 29.5 Å². The molecule has 0 fully saturated rings. The summed E-state index contributed by atoms with van der Waals surface area (Å²) in [6.07, 6.45) is -4.80. The van der Waals surface area contributed by atoms with Crippen molar-refractivity contribution in [3.05, 3.63) is 53.2 Å². The number of nitrogens with zero attached hydrogens (tertiary/aromatic N) is 2. The Balaban J connectivity index is 1.61. The van der Waals surface area contributed by atoms with Crippen LogP contribution >= 0.6 is 11.3 Å². The quantitative estimate of drug-likeness (QED) is 0.571. The van der Waals surface area contributed by atoms with E-state index < -0.39 is 30.7 Å². The molecule has 29 heavy (non-hydrogen) atoms. The summed E-state index contributed by atoms with van der Waals surface area (Å²) in [5.41, 5.74) is 0.0125. The van der Waals surface area contributed by atoms with Crippen molar-refractivity contribution in [2.75, 3.05) is 6.61 Å². The van der Waals surface area contributed by atoms with Crippen LogP contribution in [0.25, 0.3) is 10.7 Å². The third-order valence-electron chi connectivity index (χ3n) is 3.81. The number of halogens is 3. The second kappa shape index (κ2) is 9.05. The molecule has 0 bridgehead atoms. The highest BCUT2D eigenvalue weighted by atomic mass is 32.1. The first-order chi connectivity index (χ1) is 13.9. The van der Waals surface area contributed by atoms with Gasteiger partial charge in [-0.25, -0.2) is 0 Å². The second-order valence-electron chi connectivity index (χ2n) is 5.88. The van der Waals surface area contributed by atoms with E-state index in [1.54, 1.807) is 0 Å². The fourth-order valence-electron chi connectivity index (χ4n) is 2.56. The first-order valence-electron chi connectivity index (χ1n) is 8.47. The van der Waals surface area contributed by atoms with Gasteiger partial charge < -0.3 is 19.7 Å². The second-order valence-corrected chi connectivity index (χ2v) is 6.83. The van der Waals surface area contributed by atoms with Crippen molar-refractivity contribution in [1.82, 2.24) is 15.5 Å². The highest BCUT2D eigenvalue weighted by Gasteiger charge is 2.33. The maximum Gasteiger partial charge on any atom is 0.573 e. The number of alkyl halides is 3. The Morgan fingerprint density at radius 1 is 1.28 bits per heavy atom. The lowest BCUT2D eigenvalue weighted by molar-refractivity contribution is -0.275. The number of para-hydroxylation sites is 1. The number of hydrogen-bond acceptors (Lipinski definition) is 7. The molecule has 2 heterocycles. The number of aryl methyl sites for hydroxylation is 1. The molecular weight excluding hydrogens is 411 g/mol. The summed E-state index contributed by atoms with van der Waals surface area (Å²) in [4.78, 5) is 17.2. The molecule has 0 unspecified atom stereocenters. The monoisotopic (exact) mass is 427 g/mol. The molecule has 0 aliphatic heterocycles. The lowest BCUT2D eigenvalue weighted by atomic mass is 10.1. The number of benzene rings is 1. The van der Waals surface area contributed by atoms with Crippen LogP contribution in [-0.2, 0) is 11.2 Å². The molecule has 0 radical (unpaired) electrons. The molecule has 1 aromatic carbocycles. The molecule has 0 saturated heterocycles. The smallest absolute Gasteiger partial charge is 0.405 e. The molecule has 0 saturated carbocycles. The van der Waals surface area contributed by atoms with Crippen LogP contribution in [-0.4, -0.2) is 34.1 Å². The molecule has 11 heteroatoms. The minimum atomic E-state index is -4.89. The van der Waals surface area contributed by atoms with Crippen molar-refractivity contribution >= 4 is 17.2 Å². The van der Waals surface area contributed by atoms with Crippen molar-refractivity contribution in [2.24, 2.45) is 0 Å². The average molecular weight is 427 g/mol. The van der Waals surface area contributed by atoms with Crippen LogP contribution in [0.3, 0.4) is 0 Å². The number of carbonyl (C=O) groups excluding carboxylic acids is 1. The van der Waals surface area contributed by atoms with Crippen LogP contribution < -0.4 is 10.1 Å². The van der Waals surface area contributed by atoms with E-state index in [4.69, 9.17) is 4.52 Å². The maximum absolute atomic E-state index is 12.6. The summed E-state index contributed by atoms with van der Waals surface area (Å²) >= 11 is 1.44. The number of nitrogens with one attached hydrogen (secondary N) is 1. The number of rotatable bonds is 8. The Labute approximate surface area is 167 Å². The normalized spacial score (nSPS) is 12.6. The number of aliphatic hydroxyl groups excluding tert-OH is 1. The number of ether oxygens (including phenoxy) is 1. The topological polar surface area (TPSA) is 97.5 Å². The van der Waals surface area contributed by atoms with Gasteiger partial charge in [-0.1, -0.05) is 29.4 Å². The minimum Gasteiger partial charge on any atom is -0.405 e. The third kappa shape index (κ3) is 5.78. The van der Waals surface area contributed by atoms with Gasteiger partial charge in [-0.05, 0) is 17.5 Å². The summed E-state index contributed by atoms with van der Waals surface area (Å²) in [6, 6.07) is 7.91. The van der Waals surface area contributed by atoms with Crippen LogP contribution in [0.1, 0.15) is 23.9 Å². The Hall–Kier alpha value is -2.92. The standard InChI is InChI=1S/C18H16F3N3O4S/c19-18(20,21)27-13-5-2-1-4-11(13)12(10-25)22-15(26)7-8-16-23-17(24-28-16)14-6-3-9-29-14/h1-6,9,12,25H,7-8,10H2,(H,22,26)/t12-/m0/s1. The molecule has 2 aromatic heterocycles. The van der Waals surface area contributed by atoms with Gasteiger partial charge >= 0.3 is 6.36 Å². The molecule has 0 aliphatic rings. The zero-order valence-corrected chi connectivity index (χ0v) is 15.7. The van der Waals surface area contributed by atoms with Crippen LogP contribution in [0.2, 0.25) is 0 Å². The van der Waals surface area contributed by atoms with E-state index >= 15 is 0 Å². The van der Waals surface area contributed by atoms with Gasteiger partial charge in [0.05, 0.1) is 17.5 Å². The molecule has 0 spiro atoms. The van der Waals surface area contributed by atoms with E-state index in [2.05, 4.69) is 20.2 Å². The predicted octanol–water partition coefficient (Wildman–Crippen LogP) is 3.48. The van der Waals surface area contributed by atoms with Gasteiger partial charge in [-0.3, -0.25) is 4.79 Å². The molecule has 0 aliphatic carbocycles. The van der Waals surface area contributed by atoms with E-state index in [-0.39, 0.29) is 24.3 Å². The van der Waals surface area contributed by atoms with Gasteiger partial charge in [-0.2, -0.15) is 4.98 Å². The Morgan fingerprint density at radius 3 is 2.76 bits per heavy atom. The number of thiophene rings is 1. The number of aliphatic hydroxyl groups is 1. The highest BCUT2D eigenvalue weighted by molar-refractivity contribution is 7.13. The number of amides is 1. The largest absolute Gasteiger partial charge is 0.573 e. The van der Waals surface area contributed by atoms with Gasteiger partial charge in [-0.15, -0.1) is 24.5 Å². The zero-order valence-electron chi connectivity index (χ0n) is 14.8. The lowest BCUT2D eigenvalue weighted by Crippen LogP contribution is -2.31. The van der Waals surface area contributed by atoms with Gasteiger partial charge in [0, 0.05) is 18.4 Å². The SMILES string of the molecule is O=C(CCc1nc(-c2cccs2)no1)N[C@@H](CO)c1ccccc1OC(F)(F)F. The maximum atomic E-state index is 12.6. The molecule has 154 valence electrons. The molecule has 1 atom stereocenters. The Bertz CT molecular complexity index is 944. The number of carbonyl (C=O) groups is 1. The summed E-state index contributed by atoms with van der Waals surface area (Å²) in [5.74, 6) is -0.314. The summed E-state index contributed by atoms with van der Waals surface area (Å²) in [7, 11) is 0. The van der Waals surface area contributed by atoms with Crippen molar-refractivity contribution in [3.63, 3.8) is 0 Å². The Morgan fingerprint density at radius 2 is 2.07 bits per heavy atom. The van der Waals surface area contributed by atoms with Gasteiger partial charge in [0.1, 0.15) is 5.75 Å². The van der Waals surface area contributed by atoms with Gasteiger partial charge in [0.15, 0.2) is 0 Å². The van der Waals surface area contributed by atoms with Crippen LogP contribution in [0.5, 0.6) is 5.75 Å². The Kier molecular flexibility index (Phi) is 6.49. The fourth-order valence-corrected chi connectivity index (χ4v) is 3.21. The van der Waals surface area contributed by atoms with Crippen LogP contribution in [0.15, 0.2) is 46.3 Å². The van der Waals surface area contributed by atoms with Crippen molar-refractivity contribution in [3.8, 4) is 16.5 Å². The third-order valence-corrected chi connectivity index (χ3v) is 4.68. The van der Waals surface area contributed by atoms with Crippen molar-refractivity contribution in [1.29, 1.82) is 0 Å². The average Bonchev–Trinajstić information content (AvgIpc) is 3.35. The molecule has 2 N–H and O–H groups in total. The molecular formula is C18H16F3N3O4S. The van der Waals surface area contributed by atoms with Crippen molar-refractivity contribution < 1.29 is 32.3 Å². The van der Waals surface area contributed by atoms with E-state index in [9.17, 15) is 23.1 Å². The summed E-state index contributed by atoms with van der Waals surface area (Å²) in [6.45, 7) is -0.604. The number of aromatic nitrogens is 2. The van der Waals surface area contributed by atoms with Gasteiger partial charge in [0.25, 0.3) is 0 Å². The lowest BCUT2D eigenvalue weighted by Gasteiger charge is -2.20. The zero-order chi connectivity index (χ0) is 20.9. The van der Waals surface area contributed by atoms with E-state index in [1.807, 2.05) is 17.5 Å². The summed E-state index contributed by atoms with van der Waals surface area (Å²) in [5, 5.41) is 17.7. The van der Waals surface area contributed by atoms with Gasteiger partial charge in [0.2, 0.25) is 17.6 Å². The molecule has 7 nitrogen and oxygen atoms in total. The minimum absolute atomic E-state index is 0.0125. The van der Waals surface area contributed by atoms with E-state index in [0.717, 1.165) is 10.9 Å². The predicted molar refractivity (Wildman–Crippen MR) is 97.0 cm³/mol.